The molecule has 1 N–H and O–H groups in total. The highest BCUT2D eigenvalue weighted by Gasteiger charge is 2.27. The lowest BCUT2D eigenvalue weighted by Crippen LogP contribution is -2.46. The lowest BCUT2D eigenvalue weighted by Gasteiger charge is -2.34. The first-order chi connectivity index (χ1) is 7.54. The fourth-order valence-corrected chi connectivity index (χ4v) is 2.32. The van der Waals surface area contributed by atoms with E-state index >= 15 is 0 Å². The first-order valence-corrected chi connectivity index (χ1v) is 6.88. The first-order valence-electron chi connectivity index (χ1n) is 6.88. The number of hydrogen-bond acceptors (Lipinski definition) is 2. The van der Waals surface area contributed by atoms with Crippen molar-refractivity contribution in [2.75, 3.05) is 13.2 Å². The number of rotatable bonds is 6. The second-order valence-electron chi connectivity index (χ2n) is 6.14. The SMILES string of the molecule is CCCCCC(NC1CCOC1)C(C)(C)C. The van der Waals surface area contributed by atoms with Crippen molar-refractivity contribution in [2.45, 2.75) is 71.9 Å². The topological polar surface area (TPSA) is 21.3 Å². The van der Waals surface area contributed by atoms with Gasteiger partial charge in [0, 0.05) is 18.7 Å². The summed E-state index contributed by atoms with van der Waals surface area (Å²) in [7, 11) is 0. The van der Waals surface area contributed by atoms with Crippen molar-refractivity contribution < 1.29 is 4.74 Å². The molecule has 0 aromatic rings. The molecular formula is C14H29NO. The fourth-order valence-electron chi connectivity index (χ4n) is 2.32. The summed E-state index contributed by atoms with van der Waals surface area (Å²) in [6.07, 6.45) is 6.49. The van der Waals surface area contributed by atoms with Crippen LogP contribution in [0.5, 0.6) is 0 Å². The van der Waals surface area contributed by atoms with Crippen LogP contribution in [0.4, 0.5) is 0 Å². The van der Waals surface area contributed by atoms with Crippen LogP contribution in [0.15, 0.2) is 0 Å². The first kappa shape index (κ1) is 14.0. The lowest BCUT2D eigenvalue weighted by molar-refractivity contribution is 0.175. The van der Waals surface area contributed by atoms with E-state index in [0.717, 1.165) is 13.2 Å². The van der Waals surface area contributed by atoms with Gasteiger partial charge in [0.15, 0.2) is 0 Å². The molecule has 0 radical (unpaired) electrons. The largest absolute Gasteiger partial charge is 0.380 e. The van der Waals surface area contributed by atoms with E-state index in [1.807, 2.05) is 0 Å². The minimum Gasteiger partial charge on any atom is -0.380 e. The molecule has 0 aromatic heterocycles. The lowest BCUT2D eigenvalue weighted by atomic mass is 9.83. The molecular weight excluding hydrogens is 198 g/mol. The maximum absolute atomic E-state index is 5.43. The van der Waals surface area contributed by atoms with E-state index in [4.69, 9.17) is 4.74 Å². The Labute approximate surface area is 101 Å². The van der Waals surface area contributed by atoms with Crippen molar-refractivity contribution >= 4 is 0 Å². The molecule has 0 saturated carbocycles. The van der Waals surface area contributed by atoms with Gasteiger partial charge >= 0.3 is 0 Å². The van der Waals surface area contributed by atoms with Gasteiger partial charge in [-0.05, 0) is 18.3 Å². The third-order valence-electron chi connectivity index (χ3n) is 3.51. The molecule has 16 heavy (non-hydrogen) atoms. The summed E-state index contributed by atoms with van der Waals surface area (Å²) < 4.78 is 5.43. The molecule has 2 atom stereocenters. The highest BCUT2D eigenvalue weighted by Crippen LogP contribution is 2.25. The predicted octanol–water partition coefficient (Wildman–Crippen LogP) is 3.36. The Hall–Kier alpha value is -0.0800. The third kappa shape index (κ3) is 4.84. The van der Waals surface area contributed by atoms with Crippen LogP contribution >= 0.6 is 0 Å². The second kappa shape index (κ2) is 6.61. The summed E-state index contributed by atoms with van der Waals surface area (Å²) in [5.41, 5.74) is 0.357. The standard InChI is InChI=1S/C14H29NO/c1-5-6-7-8-13(14(2,3)4)15-12-9-10-16-11-12/h12-13,15H,5-11H2,1-4H3. The molecule has 0 spiro atoms. The van der Waals surface area contributed by atoms with Gasteiger partial charge in [-0.15, -0.1) is 0 Å². The van der Waals surface area contributed by atoms with Crippen LogP contribution in [0.25, 0.3) is 0 Å². The Bertz CT molecular complexity index is 180. The maximum Gasteiger partial charge on any atom is 0.0620 e. The molecule has 0 bridgehead atoms. The molecule has 1 heterocycles. The molecule has 1 saturated heterocycles. The summed E-state index contributed by atoms with van der Waals surface area (Å²) in [5.74, 6) is 0. The number of hydrogen-bond donors (Lipinski definition) is 1. The normalized spacial score (nSPS) is 23.6. The van der Waals surface area contributed by atoms with Crippen molar-refractivity contribution in [1.82, 2.24) is 5.32 Å². The van der Waals surface area contributed by atoms with Gasteiger partial charge in [-0.2, -0.15) is 0 Å². The minimum atomic E-state index is 0.357. The third-order valence-corrected chi connectivity index (χ3v) is 3.51. The van der Waals surface area contributed by atoms with E-state index in [0.29, 0.717) is 17.5 Å². The molecule has 1 aliphatic heterocycles. The van der Waals surface area contributed by atoms with E-state index in [1.54, 1.807) is 0 Å². The Morgan fingerprint density at radius 3 is 2.56 bits per heavy atom. The Morgan fingerprint density at radius 2 is 2.06 bits per heavy atom. The number of ether oxygens (including phenoxy) is 1. The zero-order chi connectivity index (χ0) is 12.0. The van der Waals surface area contributed by atoms with E-state index in [9.17, 15) is 0 Å². The molecule has 0 amide bonds. The summed E-state index contributed by atoms with van der Waals surface area (Å²) in [4.78, 5) is 0. The van der Waals surface area contributed by atoms with Crippen molar-refractivity contribution in [1.29, 1.82) is 0 Å². The van der Waals surface area contributed by atoms with Crippen LogP contribution in [0.1, 0.15) is 59.8 Å². The summed E-state index contributed by atoms with van der Waals surface area (Å²) in [6, 6.07) is 1.22. The molecule has 2 unspecified atom stereocenters. The van der Waals surface area contributed by atoms with Gasteiger partial charge < -0.3 is 10.1 Å². The zero-order valence-corrected chi connectivity index (χ0v) is 11.5. The fraction of sp³-hybridized carbons (Fsp3) is 1.00. The Balaban J connectivity index is 2.37. The Kier molecular flexibility index (Phi) is 5.77. The van der Waals surface area contributed by atoms with E-state index in [-0.39, 0.29) is 0 Å². The van der Waals surface area contributed by atoms with Crippen LogP contribution < -0.4 is 5.32 Å². The van der Waals surface area contributed by atoms with E-state index < -0.39 is 0 Å². The predicted molar refractivity (Wildman–Crippen MR) is 69.7 cm³/mol. The molecule has 0 aromatic carbocycles. The molecule has 1 fully saturated rings. The van der Waals surface area contributed by atoms with E-state index in [1.165, 1.54) is 32.1 Å². The quantitative estimate of drug-likeness (QED) is 0.703. The minimum absolute atomic E-state index is 0.357. The van der Waals surface area contributed by atoms with Gasteiger partial charge in [-0.3, -0.25) is 0 Å². The summed E-state index contributed by atoms with van der Waals surface area (Å²) >= 11 is 0. The molecule has 2 heteroatoms. The van der Waals surface area contributed by atoms with Gasteiger partial charge in [0.05, 0.1) is 6.61 Å². The zero-order valence-electron chi connectivity index (χ0n) is 11.5. The monoisotopic (exact) mass is 227 g/mol. The summed E-state index contributed by atoms with van der Waals surface area (Å²) in [6.45, 7) is 11.1. The van der Waals surface area contributed by atoms with Gasteiger partial charge in [-0.1, -0.05) is 47.0 Å². The number of nitrogens with one attached hydrogen (secondary N) is 1. The molecule has 2 nitrogen and oxygen atoms in total. The molecule has 96 valence electrons. The summed E-state index contributed by atoms with van der Waals surface area (Å²) in [5, 5.41) is 3.79. The Morgan fingerprint density at radius 1 is 1.31 bits per heavy atom. The van der Waals surface area contributed by atoms with Crippen LogP contribution in [0.3, 0.4) is 0 Å². The average molecular weight is 227 g/mol. The highest BCUT2D eigenvalue weighted by atomic mass is 16.5. The highest BCUT2D eigenvalue weighted by molar-refractivity contribution is 4.85. The molecule has 0 aliphatic carbocycles. The average Bonchev–Trinajstić information content (AvgIpc) is 2.67. The van der Waals surface area contributed by atoms with Crippen molar-refractivity contribution in [3.05, 3.63) is 0 Å². The number of unbranched alkanes of at least 4 members (excludes halogenated alkanes) is 2. The van der Waals surface area contributed by atoms with Crippen molar-refractivity contribution in [3.8, 4) is 0 Å². The van der Waals surface area contributed by atoms with Crippen LogP contribution in [-0.4, -0.2) is 25.3 Å². The van der Waals surface area contributed by atoms with Gasteiger partial charge in [0.1, 0.15) is 0 Å². The van der Waals surface area contributed by atoms with E-state index in [2.05, 4.69) is 33.0 Å². The van der Waals surface area contributed by atoms with Crippen LogP contribution in [-0.2, 0) is 4.74 Å². The second-order valence-corrected chi connectivity index (χ2v) is 6.14. The van der Waals surface area contributed by atoms with Gasteiger partial charge in [0.25, 0.3) is 0 Å². The molecule has 1 aliphatic rings. The van der Waals surface area contributed by atoms with Crippen molar-refractivity contribution in [3.63, 3.8) is 0 Å². The molecule has 1 rings (SSSR count). The maximum atomic E-state index is 5.43. The van der Waals surface area contributed by atoms with Crippen LogP contribution in [0, 0.1) is 5.41 Å². The smallest absolute Gasteiger partial charge is 0.0620 e. The van der Waals surface area contributed by atoms with Gasteiger partial charge in [-0.25, -0.2) is 0 Å². The van der Waals surface area contributed by atoms with Crippen LogP contribution in [0.2, 0.25) is 0 Å². The van der Waals surface area contributed by atoms with Crippen molar-refractivity contribution in [2.24, 2.45) is 5.41 Å². The van der Waals surface area contributed by atoms with Gasteiger partial charge in [0.2, 0.25) is 0 Å².